The molecule has 0 bridgehead atoms. The number of aliphatic hydroxyl groups is 1. The number of nitrogens with one attached hydrogen (secondary N) is 1. The average Bonchev–Trinajstić information content (AvgIpc) is 2.30. The number of benzene rings is 1. The van der Waals surface area contributed by atoms with Crippen molar-refractivity contribution >= 4 is 21.9 Å². The zero-order valence-corrected chi connectivity index (χ0v) is 11.0. The van der Waals surface area contributed by atoms with Gasteiger partial charge in [0.05, 0.1) is 5.56 Å². The molecule has 0 atom stereocenters. The number of hydrogen-bond donors (Lipinski definition) is 3. The van der Waals surface area contributed by atoms with Crippen molar-refractivity contribution < 1.29 is 15.0 Å². The number of rotatable bonds is 7. The predicted molar refractivity (Wildman–Crippen MR) is 69.1 cm³/mol. The Morgan fingerprint density at radius 1 is 1.35 bits per heavy atom. The summed E-state index contributed by atoms with van der Waals surface area (Å²) in [5.41, 5.74) is 1.31. The summed E-state index contributed by atoms with van der Waals surface area (Å²) in [6, 6.07) is 5.00. The Morgan fingerprint density at radius 3 is 2.71 bits per heavy atom. The highest BCUT2D eigenvalue weighted by Crippen LogP contribution is 2.18. The monoisotopic (exact) mass is 301 g/mol. The Hall–Kier alpha value is -0.910. The molecule has 5 heteroatoms. The van der Waals surface area contributed by atoms with Crippen LogP contribution in [0.25, 0.3) is 0 Å². The van der Waals surface area contributed by atoms with Crippen LogP contribution < -0.4 is 5.32 Å². The summed E-state index contributed by atoms with van der Waals surface area (Å²) in [6.07, 6.45) is 1.73. The lowest BCUT2D eigenvalue weighted by atomic mass is 10.1. The van der Waals surface area contributed by atoms with Crippen LogP contribution in [0.5, 0.6) is 0 Å². The quantitative estimate of drug-likeness (QED) is 0.674. The standard InChI is InChI=1S/C12H16BrNO3/c13-11-7-9(12(16)17)3-4-10(11)8-14-5-1-2-6-15/h3-4,7,14-15H,1-2,5-6,8H2,(H,16,17). The molecule has 1 aromatic rings. The fourth-order valence-corrected chi connectivity index (χ4v) is 1.93. The van der Waals surface area contributed by atoms with Gasteiger partial charge in [0, 0.05) is 17.6 Å². The smallest absolute Gasteiger partial charge is 0.335 e. The molecule has 1 aromatic carbocycles. The molecule has 0 aliphatic heterocycles. The Bertz CT molecular complexity index is 382. The van der Waals surface area contributed by atoms with Gasteiger partial charge in [-0.1, -0.05) is 22.0 Å². The maximum absolute atomic E-state index is 10.7. The average molecular weight is 302 g/mol. The lowest BCUT2D eigenvalue weighted by molar-refractivity contribution is 0.0697. The van der Waals surface area contributed by atoms with E-state index in [4.69, 9.17) is 10.2 Å². The fourth-order valence-electron chi connectivity index (χ4n) is 1.41. The molecular formula is C12H16BrNO3. The summed E-state index contributed by atoms with van der Waals surface area (Å²) in [5.74, 6) is -0.923. The Morgan fingerprint density at radius 2 is 2.12 bits per heavy atom. The fraction of sp³-hybridized carbons (Fsp3) is 0.417. The van der Waals surface area contributed by atoms with Gasteiger partial charge in [-0.05, 0) is 37.1 Å². The van der Waals surface area contributed by atoms with Gasteiger partial charge in [-0.3, -0.25) is 0 Å². The number of aliphatic hydroxyl groups excluding tert-OH is 1. The van der Waals surface area contributed by atoms with E-state index >= 15 is 0 Å². The van der Waals surface area contributed by atoms with Gasteiger partial charge < -0.3 is 15.5 Å². The molecular weight excluding hydrogens is 286 g/mol. The molecule has 17 heavy (non-hydrogen) atoms. The number of carbonyl (C=O) groups is 1. The number of carboxylic acids is 1. The second-order valence-corrected chi connectivity index (χ2v) is 4.57. The second kappa shape index (κ2) is 7.42. The molecule has 0 fully saturated rings. The number of hydrogen-bond acceptors (Lipinski definition) is 3. The van der Waals surface area contributed by atoms with Gasteiger partial charge in [0.25, 0.3) is 0 Å². The molecule has 0 radical (unpaired) electrons. The third kappa shape index (κ3) is 4.85. The number of aromatic carboxylic acids is 1. The summed E-state index contributed by atoms with van der Waals surface area (Å²) in [5, 5.41) is 20.7. The van der Waals surface area contributed by atoms with E-state index in [1.54, 1.807) is 18.2 Å². The van der Waals surface area contributed by atoms with Crippen molar-refractivity contribution in [3.63, 3.8) is 0 Å². The van der Waals surface area contributed by atoms with Crippen LogP contribution in [-0.2, 0) is 6.54 Å². The molecule has 0 unspecified atom stereocenters. The van der Waals surface area contributed by atoms with Crippen LogP contribution in [0.15, 0.2) is 22.7 Å². The first-order valence-corrected chi connectivity index (χ1v) is 6.27. The maximum Gasteiger partial charge on any atom is 0.335 e. The summed E-state index contributed by atoms with van der Waals surface area (Å²) in [7, 11) is 0. The van der Waals surface area contributed by atoms with Crippen molar-refractivity contribution in [2.45, 2.75) is 19.4 Å². The van der Waals surface area contributed by atoms with Crippen molar-refractivity contribution in [3.8, 4) is 0 Å². The van der Waals surface area contributed by atoms with Gasteiger partial charge in [-0.2, -0.15) is 0 Å². The van der Waals surface area contributed by atoms with Crippen molar-refractivity contribution in [3.05, 3.63) is 33.8 Å². The van der Waals surface area contributed by atoms with Crippen LogP contribution in [0.3, 0.4) is 0 Å². The van der Waals surface area contributed by atoms with Crippen molar-refractivity contribution in [1.29, 1.82) is 0 Å². The maximum atomic E-state index is 10.7. The third-order valence-electron chi connectivity index (χ3n) is 2.38. The zero-order valence-electron chi connectivity index (χ0n) is 9.45. The van der Waals surface area contributed by atoms with Crippen molar-refractivity contribution in [1.82, 2.24) is 5.32 Å². The molecule has 1 rings (SSSR count). The summed E-state index contributed by atoms with van der Waals surface area (Å²) in [6.45, 7) is 1.75. The first-order valence-electron chi connectivity index (χ1n) is 5.48. The van der Waals surface area contributed by atoms with Crippen molar-refractivity contribution in [2.75, 3.05) is 13.2 Å². The van der Waals surface area contributed by atoms with Crippen LogP contribution in [-0.4, -0.2) is 29.3 Å². The molecule has 0 aliphatic rings. The van der Waals surface area contributed by atoms with Crippen LogP contribution in [0, 0.1) is 0 Å². The highest BCUT2D eigenvalue weighted by molar-refractivity contribution is 9.10. The largest absolute Gasteiger partial charge is 0.478 e. The van der Waals surface area contributed by atoms with Crippen molar-refractivity contribution in [2.24, 2.45) is 0 Å². The minimum absolute atomic E-state index is 0.221. The number of carboxylic acid groups (broad SMARTS) is 1. The van der Waals surface area contributed by atoms with E-state index in [1.165, 1.54) is 0 Å². The summed E-state index contributed by atoms with van der Waals surface area (Å²) >= 11 is 3.35. The highest BCUT2D eigenvalue weighted by Gasteiger charge is 2.06. The van der Waals surface area contributed by atoms with Gasteiger partial charge in [0.1, 0.15) is 0 Å². The molecule has 4 nitrogen and oxygen atoms in total. The Labute approximate surface area is 109 Å². The molecule has 0 saturated carbocycles. The molecule has 0 saturated heterocycles. The molecule has 3 N–H and O–H groups in total. The second-order valence-electron chi connectivity index (χ2n) is 3.72. The van der Waals surface area contributed by atoms with E-state index in [0.29, 0.717) is 6.54 Å². The lowest BCUT2D eigenvalue weighted by Crippen LogP contribution is -2.15. The first kappa shape index (κ1) is 14.2. The summed E-state index contributed by atoms with van der Waals surface area (Å²) < 4.78 is 0.798. The normalized spacial score (nSPS) is 10.5. The van der Waals surface area contributed by atoms with Crippen LogP contribution in [0.1, 0.15) is 28.8 Å². The van der Waals surface area contributed by atoms with Crippen LogP contribution >= 0.6 is 15.9 Å². The van der Waals surface area contributed by atoms with E-state index in [2.05, 4.69) is 21.2 Å². The molecule has 0 heterocycles. The number of halogens is 1. The van der Waals surface area contributed by atoms with E-state index in [9.17, 15) is 4.79 Å². The van der Waals surface area contributed by atoms with Gasteiger partial charge in [-0.25, -0.2) is 4.79 Å². The molecule has 0 aromatic heterocycles. The van der Waals surface area contributed by atoms with E-state index in [1.807, 2.05) is 0 Å². The summed E-state index contributed by atoms with van der Waals surface area (Å²) in [4.78, 5) is 10.7. The van der Waals surface area contributed by atoms with E-state index < -0.39 is 5.97 Å². The number of unbranched alkanes of at least 4 members (excludes halogenated alkanes) is 1. The Balaban J connectivity index is 2.46. The molecule has 0 spiro atoms. The molecule has 0 amide bonds. The molecule has 94 valence electrons. The first-order chi connectivity index (χ1) is 8.15. The van der Waals surface area contributed by atoms with Crippen LogP contribution in [0.4, 0.5) is 0 Å². The van der Waals surface area contributed by atoms with Gasteiger partial charge in [0.2, 0.25) is 0 Å². The van der Waals surface area contributed by atoms with Gasteiger partial charge >= 0.3 is 5.97 Å². The van der Waals surface area contributed by atoms with Gasteiger partial charge in [0.15, 0.2) is 0 Å². The van der Waals surface area contributed by atoms with Crippen LogP contribution in [0.2, 0.25) is 0 Å². The zero-order chi connectivity index (χ0) is 12.7. The Kier molecular flexibility index (Phi) is 6.18. The minimum atomic E-state index is -0.923. The third-order valence-corrected chi connectivity index (χ3v) is 3.12. The van der Waals surface area contributed by atoms with Gasteiger partial charge in [-0.15, -0.1) is 0 Å². The van der Waals surface area contributed by atoms with E-state index in [-0.39, 0.29) is 12.2 Å². The SMILES string of the molecule is O=C(O)c1ccc(CNCCCCO)c(Br)c1. The topological polar surface area (TPSA) is 69.6 Å². The minimum Gasteiger partial charge on any atom is -0.478 e. The molecule has 0 aliphatic carbocycles. The lowest BCUT2D eigenvalue weighted by Gasteiger charge is -2.07. The highest BCUT2D eigenvalue weighted by atomic mass is 79.9. The predicted octanol–water partition coefficient (Wildman–Crippen LogP) is 2.01. The van der Waals surface area contributed by atoms with E-state index in [0.717, 1.165) is 29.4 Å².